The van der Waals surface area contributed by atoms with Crippen molar-refractivity contribution in [1.29, 1.82) is 0 Å². The Morgan fingerprint density at radius 3 is 3.07 bits per heavy atom. The van der Waals surface area contributed by atoms with E-state index in [1.54, 1.807) is 12.0 Å². The smallest absolute Gasteiger partial charge is 0.230 e. The van der Waals surface area contributed by atoms with Crippen LogP contribution in [-0.2, 0) is 16.1 Å². The van der Waals surface area contributed by atoms with E-state index in [1.165, 1.54) is 11.3 Å². The number of carbonyl (C=O) groups excluding carboxylic acids is 1. The summed E-state index contributed by atoms with van der Waals surface area (Å²) in [5.74, 6) is 0.0944. The van der Waals surface area contributed by atoms with Crippen LogP contribution in [0.2, 0.25) is 0 Å². The maximum Gasteiger partial charge on any atom is 0.230 e. The van der Waals surface area contributed by atoms with Crippen LogP contribution in [0.5, 0.6) is 0 Å². The minimum absolute atomic E-state index is 0.0944. The zero-order valence-electron chi connectivity index (χ0n) is 8.14. The SMILES string of the molecule is COCc1nnc(N2CC(Br)CC2=O)s1. The highest BCUT2D eigenvalue weighted by atomic mass is 79.9. The number of hydrogen-bond acceptors (Lipinski definition) is 5. The Morgan fingerprint density at radius 2 is 2.47 bits per heavy atom. The van der Waals surface area contributed by atoms with Crippen LogP contribution in [0.1, 0.15) is 11.4 Å². The molecule has 1 aromatic rings. The summed E-state index contributed by atoms with van der Waals surface area (Å²) in [6.07, 6.45) is 0.527. The molecule has 1 amide bonds. The Labute approximate surface area is 99.6 Å². The van der Waals surface area contributed by atoms with Crippen LogP contribution >= 0.6 is 27.3 Å². The van der Waals surface area contributed by atoms with Gasteiger partial charge in [-0.2, -0.15) is 0 Å². The number of ether oxygens (including phenoxy) is 1. The molecule has 1 fully saturated rings. The Balaban J connectivity index is 2.12. The molecule has 7 heteroatoms. The van der Waals surface area contributed by atoms with Crippen LogP contribution in [0.3, 0.4) is 0 Å². The Kier molecular flexibility index (Phi) is 3.32. The molecule has 2 heterocycles. The second-order valence-electron chi connectivity index (χ2n) is 3.22. The third-order valence-corrected chi connectivity index (χ3v) is 3.57. The molecule has 15 heavy (non-hydrogen) atoms. The zero-order chi connectivity index (χ0) is 10.8. The molecule has 0 spiro atoms. The van der Waals surface area contributed by atoms with Gasteiger partial charge in [-0.3, -0.25) is 9.69 Å². The lowest BCUT2D eigenvalue weighted by molar-refractivity contribution is -0.117. The third-order valence-electron chi connectivity index (χ3n) is 2.03. The molecule has 0 aliphatic carbocycles. The number of halogens is 1. The summed E-state index contributed by atoms with van der Waals surface area (Å²) in [7, 11) is 1.61. The highest BCUT2D eigenvalue weighted by molar-refractivity contribution is 9.09. The number of amides is 1. The van der Waals surface area contributed by atoms with Gasteiger partial charge in [0.25, 0.3) is 0 Å². The van der Waals surface area contributed by atoms with E-state index in [1.807, 2.05) is 0 Å². The van der Waals surface area contributed by atoms with Crippen molar-refractivity contribution in [3.05, 3.63) is 5.01 Å². The maximum absolute atomic E-state index is 11.6. The van der Waals surface area contributed by atoms with Gasteiger partial charge in [-0.25, -0.2) is 0 Å². The number of carbonyl (C=O) groups is 1. The predicted molar refractivity (Wildman–Crippen MR) is 60.3 cm³/mol. The maximum atomic E-state index is 11.6. The van der Waals surface area contributed by atoms with Crippen molar-refractivity contribution in [1.82, 2.24) is 10.2 Å². The molecule has 82 valence electrons. The number of hydrogen-bond donors (Lipinski definition) is 0. The fraction of sp³-hybridized carbons (Fsp3) is 0.625. The molecule has 1 saturated heterocycles. The van der Waals surface area contributed by atoms with E-state index in [0.29, 0.717) is 24.7 Å². The summed E-state index contributed by atoms with van der Waals surface area (Å²) in [6.45, 7) is 1.11. The first kappa shape index (κ1) is 11.0. The minimum Gasteiger partial charge on any atom is -0.377 e. The summed E-state index contributed by atoms with van der Waals surface area (Å²) in [5, 5.41) is 9.37. The number of aromatic nitrogens is 2. The normalized spacial score (nSPS) is 21.3. The van der Waals surface area contributed by atoms with Gasteiger partial charge in [-0.05, 0) is 0 Å². The largest absolute Gasteiger partial charge is 0.377 e. The lowest BCUT2D eigenvalue weighted by Gasteiger charge is -2.09. The Bertz CT molecular complexity index is 371. The van der Waals surface area contributed by atoms with Crippen molar-refractivity contribution in [3.63, 3.8) is 0 Å². The van der Waals surface area contributed by atoms with Crippen molar-refractivity contribution in [2.75, 3.05) is 18.6 Å². The second-order valence-corrected chi connectivity index (χ2v) is 5.55. The van der Waals surface area contributed by atoms with Crippen LogP contribution in [0.4, 0.5) is 5.13 Å². The third kappa shape index (κ3) is 2.35. The molecular weight excluding hydrogens is 282 g/mol. The fourth-order valence-electron chi connectivity index (χ4n) is 1.38. The fourth-order valence-corrected chi connectivity index (χ4v) is 2.79. The summed E-state index contributed by atoms with van der Waals surface area (Å²) >= 11 is 4.82. The first-order valence-corrected chi connectivity index (χ1v) is 6.19. The quantitative estimate of drug-likeness (QED) is 0.785. The summed E-state index contributed by atoms with van der Waals surface area (Å²) < 4.78 is 4.95. The van der Waals surface area contributed by atoms with Crippen LogP contribution in [-0.4, -0.2) is 34.6 Å². The van der Waals surface area contributed by atoms with Crippen LogP contribution < -0.4 is 4.90 Å². The average molecular weight is 292 g/mol. The van der Waals surface area contributed by atoms with E-state index < -0.39 is 0 Å². The van der Waals surface area contributed by atoms with E-state index in [-0.39, 0.29) is 10.7 Å². The number of alkyl halides is 1. The van der Waals surface area contributed by atoms with Gasteiger partial charge in [0.15, 0.2) is 0 Å². The molecule has 5 nitrogen and oxygen atoms in total. The van der Waals surface area contributed by atoms with E-state index in [9.17, 15) is 4.79 Å². The van der Waals surface area contributed by atoms with Crippen molar-refractivity contribution >= 4 is 38.3 Å². The van der Waals surface area contributed by atoms with Crippen molar-refractivity contribution in [3.8, 4) is 0 Å². The van der Waals surface area contributed by atoms with E-state index in [2.05, 4.69) is 26.1 Å². The van der Waals surface area contributed by atoms with Gasteiger partial charge in [0.1, 0.15) is 11.6 Å². The van der Waals surface area contributed by atoms with Gasteiger partial charge < -0.3 is 4.74 Å². The van der Waals surface area contributed by atoms with E-state index in [4.69, 9.17) is 4.74 Å². The monoisotopic (exact) mass is 291 g/mol. The number of anilines is 1. The number of methoxy groups -OCH3 is 1. The molecule has 1 aliphatic heterocycles. The summed E-state index contributed by atoms with van der Waals surface area (Å²) in [6, 6.07) is 0. The molecule has 0 aromatic carbocycles. The zero-order valence-corrected chi connectivity index (χ0v) is 10.5. The highest BCUT2D eigenvalue weighted by Gasteiger charge is 2.30. The molecule has 2 rings (SSSR count). The molecule has 0 radical (unpaired) electrons. The molecule has 1 aromatic heterocycles. The predicted octanol–water partition coefficient (Wildman–Crippen LogP) is 1.18. The van der Waals surface area contributed by atoms with E-state index >= 15 is 0 Å². The van der Waals surface area contributed by atoms with Crippen molar-refractivity contribution in [2.24, 2.45) is 0 Å². The topological polar surface area (TPSA) is 55.3 Å². The van der Waals surface area contributed by atoms with Gasteiger partial charge in [0.05, 0.1) is 0 Å². The molecule has 0 N–H and O–H groups in total. The molecule has 0 saturated carbocycles. The summed E-state index contributed by atoms with van der Waals surface area (Å²) in [4.78, 5) is 13.4. The molecule has 1 aliphatic rings. The van der Waals surface area contributed by atoms with Gasteiger partial charge in [0.2, 0.25) is 11.0 Å². The molecular formula is C8H10BrN3O2S. The summed E-state index contributed by atoms with van der Waals surface area (Å²) in [5.41, 5.74) is 0. The van der Waals surface area contributed by atoms with Crippen molar-refractivity contribution < 1.29 is 9.53 Å². The number of nitrogens with zero attached hydrogens (tertiary/aromatic N) is 3. The van der Waals surface area contributed by atoms with Gasteiger partial charge in [-0.1, -0.05) is 27.3 Å². The van der Waals surface area contributed by atoms with Crippen LogP contribution in [0.15, 0.2) is 0 Å². The average Bonchev–Trinajstić information content (AvgIpc) is 2.73. The highest BCUT2D eigenvalue weighted by Crippen LogP contribution is 2.27. The molecule has 1 atom stereocenters. The Morgan fingerprint density at radius 1 is 1.67 bits per heavy atom. The van der Waals surface area contributed by atoms with Gasteiger partial charge in [-0.15, -0.1) is 10.2 Å². The van der Waals surface area contributed by atoms with Gasteiger partial charge >= 0.3 is 0 Å². The standard InChI is InChI=1S/C8H10BrN3O2S/c1-14-4-6-10-11-8(15-6)12-3-5(9)2-7(12)13/h5H,2-4H2,1H3. The lowest BCUT2D eigenvalue weighted by atomic mass is 10.4. The first-order valence-electron chi connectivity index (χ1n) is 4.46. The first-order chi connectivity index (χ1) is 7.20. The second kappa shape index (κ2) is 4.54. The lowest BCUT2D eigenvalue weighted by Crippen LogP contribution is -2.24. The van der Waals surface area contributed by atoms with Crippen LogP contribution in [0, 0.1) is 0 Å². The van der Waals surface area contributed by atoms with Crippen molar-refractivity contribution in [2.45, 2.75) is 17.9 Å². The van der Waals surface area contributed by atoms with Crippen LogP contribution in [0.25, 0.3) is 0 Å². The van der Waals surface area contributed by atoms with Gasteiger partial charge in [0, 0.05) is 24.9 Å². The van der Waals surface area contributed by atoms with E-state index in [0.717, 1.165) is 5.01 Å². The Hall–Kier alpha value is -0.530. The molecule has 1 unspecified atom stereocenters. The molecule has 0 bridgehead atoms. The number of rotatable bonds is 3. The minimum atomic E-state index is 0.0944.